The molecule has 1 rings (SSSR count). The standard InChI is InChI=1S/C15H23NO2/c1-4-12(10-16)8-14(17)9-13-7-11(2)5-6-15(13)18-3/h5-7,12H,4,8-10,16H2,1-3H3. The highest BCUT2D eigenvalue weighted by Gasteiger charge is 2.13. The van der Waals surface area contributed by atoms with Gasteiger partial charge >= 0.3 is 0 Å². The monoisotopic (exact) mass is 249 g/mol. The number of Topliss-reactive ketones (excluding diaryl/α,β-unsaturated/α-hetero) is 1. The Bertz CT molecular complexity index is 397. The molecule has 0 amide bonds. The predicted octanol–water partition coefficient (Wildman–Crippen LogP) is 2.49. The number of hydrogen-bond donors (Lipinski definition) is 1. The summed E-state index contributed by atoms with van der Waals surface area (Å²) in [7, 11) is 1.63. The van der Waals surface area contributed by atoms with Crippen molar-refractivity contribution in [2.24, 2.45) is 11.7 Å². The van der Waals surface area contributed by atoms with Gasteiger partial charge in [0.05, 0.1) is 7.11 Å². The number of ketones is 1. The maximum absolute atomic E-state index is 12.0. The van der Waals surface area contributed by atoms with Gasteiger partial charge in [0.15, 0.2) is 0 Å². The van der Waals surface area contributed by atoms with Crippen LogP contribution in [0.1, 0.15) is 30.9 Å². The Morgan fingerprint density at radius 1 is 1.44 bits per heavy atom. The molecule has 0 saturated heterocycles. The molecule has 0 radical (unpaired) electrons. The van der Waals surface area contributed by atoms with Crippen molar-refractivity contribution < 1.29 is 9.53 Å². The topological polar surface area (TPSA) is 52.3 Å². The number of nitrogens with two attached hydrogens (primary N) is 1. The summed E-state index contributed by atoms with van der Waals surface area (Å²) >= 11 is 0. The minimum atomic E-state index is 0.233. The van der Waals surface area contributed by atoms with Crippen LogP contribution >= 0.6 is 0 Å². The van der Waals surface area contributed by atoms with E-state index >= 15 is 0 Å². The number of hydrogen-bond acceptors (Lipinski definition) is 3. The Kier molecular flexibility index (Phi) is 5.86. The number of aryl methyl sites for hydroxylation is 1. The largest absolute Gasteiger partial charge is 0.496 e. The van der Waals surface area contributed by atoms with Gasteiger partial charge in [-0.2, -0.15) is 0 Å². The highest BCUT2D eigenvalue weighted by atomic mass is 16.5. The Balaban J connectivity index is 2.71. The molecular formula is C15H23NO2. The molecule has 3 heteroatoms. The van der Waals surface area contributed by atoms with Crippen molar-refractivity contribution in [2.45, 2.75) is 33.1 Å². The molecule has 0 aliphatic rings. The summed E-state index contributed by atoms with van der Waals surface area (Å²) in [5.74, 6) is 1.32. The quantitative estimate of drug-likeness (QED) is 0.807. The second kappa shape index (κ2) is 7.17. The zero-order chi connectivity index (χ0) is 13.5. The summed E-state index contributed by atoms with van der Waals surface area (Å²) in [6.07, 6.45) is 1.94. The van der Waals surface area contributed by atoms with Gasteiger partial charge in [-0.3, -0.25) is 4.79 Å². The van der Waals surface area contributed by atoms with Crippen molar-refractivity contribution in [3.05, 3.63) is 29.3 Å². The van der Waals surface area contributed by atoms with Crippen molar-refractivity contribution in [1.82, 2.24) is 0 Å². The molecule has 0 saturated carbocycles. The fraction of sp³-hybridized carbons (Fsp3) is 0.533. The van der Waals surface area contributed by atoms with E-state index in [2.05, 4.69) is 6.92 Å². The molecule has 1 atom stereocenters. The van der Waals surface area contributed by atoms with E-state index in [4.69, 9.17) is 10.5 Å². The Morgan fingerprint density at radius 3 is 2.72 bits per heavy atom. The van der Waals surface area contributed by atoms with Crippen LogP contribution in [0.25, 0.3) is 0 Å². The van der Waals surface area contributed by atoms with Crippen LogP contribution < -0.4 is 10.5 Å². The second-order valence-corrected chi connectivity index (χ2v) is 4.74. The Morgan fingerprint density at radius 2 is 2.17 bits per heavy atom. The summed E-state index contributed by atoms with van der Waals surface area (Å²) in [5, 5.41) is 0. The maximum atomic E-state index is 12.0. The summed E-state index contributed by atoms with van der Waals surface area (Å²) in [6.45, 7) is 4.66. The van der Waals surface area contributed by atoms with E-state index in [1.165, 1.54) is 0 Å². The molecule has 18 heavy (non-hydrogen) atoms. The van der Waals surface area contributed by atoms with Gasteiger partial charge in [0, 0.05) is 18.4 Å². The first-order valence-electron chi connectivity index (χ1n) is 6.46. The van der Waals surface area contributed by atoms with Crippen molar-refractivity contribution in [3.8, 4) is 5.75 Å². The fourth-order valence-electron chi connectivity index (χ4n) is 2.05. The van der Waals surface area contributed by atoms with Crippen molar-refractivity contribution in [3.63, 3.8) is 0 Å². The zero-order valence-electron chi connectivity index (χ0n) is 11.5. The summed E-state index contributed by atoms with van der Waals surface area (Å²) in [5.41, 5.74) is 7.74. The molecule has 1 unspecified atom stereocenters. The third kappa shape index (κ3) is 4.15. The number of carbonyl (C=O) groups is 1. The second-order valence-electron chi connectivity index (χ2n) is 4.74. The molecule has 0 aromatic heterocycles. The molecule has 0 fully saturated rings. The first kappa shape index (κ1) is 14.7. The van der Waals surface area contributed by atoms with Crippen LogP contribution in [0.2, 0.25) is 0 Å². The molecule has 0 aliphatic heterocycles. The van der Waals surface area contributed by atoms with E-state index in [0.29, 0.717) is 25.3 Å². The van der Waals surface area contributed by atoms with E-state index in [1.807, 2.05) is 25.1 Å². The lowest BCUT2D eigenvalue weighted by Gasteiger charge is -2.12. The SMILES string of the molecule is CCC(CN)CC(=O)Cc1cc(C)ccc1OC. The zero-order valence-corrected chi connectivity index (χ0v) is 11.5. The summed E-state index contributed by atoms with van der Waals surface area (Å²) in [6, 6.07) is 5.92. The van der Waals surface area contributed by atoms with Crippen LogP contribution in [0.15, 0.2) is 18.2 Å². The molecule has 0 aliphatic carbocycles. The predicted molar refractivity (Wildman–Crippen MR) is 73.9 cm³/mol. The number of carbonyl (C=O) groups excluding carboxylic acids is 1. The number of rotatable bonds is 7. The molecule has 1 aromatic carbocycles. The van der Waals surface area contributed by atoms with Gasteiger partial charge in [-0.05, 0) is 25.5 Å². The minimum absolute atomic E-state index is 0.233. The van der Waals surface area contributed by atoms with Crippen LogP contribution in [0.4, 0.5) is 0 Å². The molecule has 2 N–H and O–H groups in total. The van der Waals surface area contributed by atoms with Crippen molar-refractivity contribution in [1.29, 1.82) is 0 Å². The molecule has 3 nitrogen and oxygen atoms in total. The highest BCUT2D eigenvalue weighted by molar-refractivity contribution is 5.81. The molecule has 0 heterocycles. The van der Waals surface area contributed by atoms with Crippen LogP contribution in [0.5, 0.6) is 5.75 Å². The van der Waals surface area contributed by atoms with Crippen LogP contribution in [0.3, 0.4) is 0 Å². The summed E-state index contributed by atoms with van der Waals surface area (Å²) in [4.78, 5) is 12.0. The Hall–Kier alpha value is -1.35. The van der Waals surface area contributed by atoms with Gasteiger partial charge in [-0.25, -0.2) is 0 Å². The van der Waals surface area contributed by atoms with Gasteiger partial charge < -0.3 is 10.5 Å². The minimum Gasteiger partial charge on any atom is -0.496 e. The highest BCUT2D eigenvalue weighted by Crippen LogP contribution is 2.21. The van der Waals surface area contributed by atoms with Crippen molar-refractivity contribution in [2.75, 3.05) is 13.7 Å². The third-order valence-electron chi connectivity index (χ3n) is 3.25. The number of ether oxygens (including phenoxy) is 1. The van der Waals surface area contributed by atoms with E-state index in [9.17, 15) is 4.79 Å². The molecule has 100 valence electrons. The maximum Gasteiger partial charge on any atom is 0.137 e. The van der Waals surface area contributed by atoms with Gasteiger partial charge in [0.25, 0.3) is 0 Å². The van der Waals surface area contributed by atoms with E-state index in [1.54, 1.807) is 7.11 Å². The normalized spacial score (nSPS) is 12.2. The average Bonchev–Trinajstić information content (AvgIpc) is 2.36. The fourth-order valence-corrected chi connectivity index (χ4v) is 2.05. The van der Waals surface area contributed by atoms with Gasteiger partial charge in [0.2, 0.25) is 0 Å². The van der Waals surface area contributed by atoms with E-state index < -0.39 is 0 Å². The first-order chi connectivity index (χ1) is 8.60. The first-order valence-corrected chi connectivity index (χ1v) is 6.46. The van der Waals surface area contributed by atoms with E-state index in [0.717, 1.165) is 23.3 Å². The van der Waals surface area contributed by atoms with Crippen LogP contribution in [-0.4, -0.2) is 19.4 Å². The third-order valence-corrected chi connectivity index (χ3v) is 3.25. The van der Waals surface area contributed by atoms with Crippen molar-refractivity contribution >= 4 is 5.78 Å². The molecule has 1 aromatic rings. The van der Waals surface area contributed by atoms with Gasteiger partial charge in [-0.1, -0.05) is 31.0 Å². The van der Waals surface area contributed by atoms with Crippen LogP contribution in [0, 0.1) is 12.8 Å². The van der Waals surface area contributed by atoms with E-state index in [-0.39, 0.29) is 5.78 Å². The molecule has 0 spiro atoms. The van der Waals surface area contributed by atoms with Crippen LogP contribution in [-0.2, 0) is 11.2 Å². The number of benzene rings is 1. The smallest absolute Gasteiger partial charge is 0.137 e. The Labute approximate surface area is 109 Å². The summed E-state index contributed by atoms with van der Waals surface area (Å²) < 4.78 is 5.28. The molecular weight excluding hydrogens is 226 g/mol. The lowest BCUT2D eigenvalue weighted by Crippen LogP contribution is -2.18. The van der Waals surface area contributed by atoms with Gasteiger partial charge in [0.1, 0.15) is 11.5 Å². The molecule has 0 bridgehead atoms. The van der Waals surface area contributed by atoms with Gasteiger partial charge in [-0.15, -0.1) is 0 Å². The average molecular weight is 249 g/mol. The lowest BCUT2D eigenvalue weighted by atomic mass is 9.95. The lowest BCUT2D eigenvalue weighted by molar-refractivity contribution is -0.119. The number of methoxy groups -OCH3 is 1.